The summed E-state index contributed by atoms with van der Waals surface area (Å²) in [6.45, 7) is 5.85. The number of amides is 1. The molecule has 0 aliphatic carbocycles. The molecule has 1 heterocycles. The first-order valence-corrected chi connectivity index (χ1v) is 10.6. The quantitative estimate of drug-likeness (QED) is 0.666. The number of hydrogen-bond donors (Lipinski definition) is 1. The SMILES string of the molecule is Cc1ccc(S(=O)(=O)N(C)c2ccc(C(=O)Nc3ccnn3C(C)C)cc2)cc1. The third-order valence-corrected chi connectivity index (χ3v) is 6.37. The van der Waals surface area contributed by atoms with Gasteiger partial charge in [0.25, 0.3) is 15.9 Å². The van der Waals surface area contributed by atoms with E-state index in [0.29, 0.717) is 17.1 Å². The summed E-state index contributed by atoms with van der Waals surface area (Å²) in [5, 5.41) is 7.02. The first kappa shape index (κ1) is 20.6. The van der Waals surface area contributed by atoms with E-state index < -0.39 is 10.0 Å². The van der Waals surface area contributed by atoms with Crippen molar-refractivity contribution < 1.29 is 13.2 Å². The van der Waals surface area contributed by atoms with Gasteiger partial charge in [0, 0.05) is 24.7 Å². The Morgan fingerprint density at radius 3 is 2.24 bits per heavy atom. The fourth-order valence-corrected chi connectivity index (χ4v) is 4.04. The number of aryl methyl sites for hydroxylation is 1. The van der Waals surface area contributed by atoms with E-state index in [0.717, 1.165) is 5.56 Å². The van der Waals surface area contributed by atoms with Crippen molar-refractivity contribution in [1.82, 2.24) is 9.78 Å². The monoisotopic (exact) mass is 412 g/mol. The van der Waals surface area contributed by atoms with Crippen LogP contribution in [0.3, 0.4) is 0 Å². The minimum atomic E-state index is -3.68. The van der Waals surface area contributed by atoms with Crippen LogP contribution in [0.5, 0.6) is 0 Å². The molecule has 2 aromatic carbocycles. The Balaban J connectivity index is 1.78. The maximum absolute atomic E-state index is 12.8. The van der Waals surface area contributed by atoms with E-state index in [4.69, 9.17) is 0 Å². The van der Waals surface area contributed by atoms with Crippen molar-refractivity contribution in [2.24, 2.45) is 0 Å². The summed E-state index contributed by atoms with van der Waals surface area (Å²) in [4.78, 5) is 12.8. The minimum Gasteiger partial charge on any atom is -0.307 e. The lowest BCUT2D eigenvalue weighted by Crippen LogP contribution is -2.26. The summed E-state index contributed by atoms with van der Waals surface area (Å²) in [5.41, 5.74) is 1.88. The Kier molecular flexibility index (Phi) is 5.74. The van der Waals surface area contributed by atoms with Gasteiger partial charge in [-0.3, -0.25) is 9.10 Å². The Morgan fingerprint density at radius 2 is 1.66 bits per heavy atom. The topological polar surface area (TPSA) is 84.3 Å². The molecule has 0 saturated carbocycles. The molecule has 3 aromatic rings. The fourth-order valence-electron chi connectivity index (χ4n) is 2.84. The molecule has 0 unspecified atom stereocenters. The summed E-state index contributed by atoms with van der Waals surface area (Å²) >= 11 is 0. The minimum absolute atomic E-state index is 0.114. The lowest BCUT2D eigenvalue weighted by atomic mass is 10.2. The molecule has 0 radical (unpaired) electrons. The zero-order valence-electron chi connectivity index (χ0n) is 16.8. The van der Waals surface area contributed by atoms with Crippen molar-refractivity contribution in [3.05, 3.63) is 71.9 Å². The van der Waals surface area contributed by atoms with Crippen LogP contribution in [0.1, 0.15) is 35.8 Å². The molecule has 0 aliphatic heterocycles. The number of sulfonamides is 1. The van der Waals surface area contributed by atoms with Crippen LogP contribution in [0.15, 0.2) is 65.7 Å². The maximum Gasteiger partial charge on any atom is 0.264 e. The first-order valence-electron chi connectivity index (χ1n) is 9.20. The van der Waals surface area contributed by atoms with Crippen LogP contribution in [0, 0.1) is 6.92 Å². The Labute approximate surface area is 171 Å². The van der Waals surface area contributed by atoms with Crippen molar-refractivity contribution >= 4 is 27.4 Å². The summed E-state index contributed by atoms with van der Waals surface area (Å²) in [5.74, 6) is 0.316. The van der Waals surface area contributed by atoms with Gasteiger partial charge in [0.05, 0.1) is 16.8 Å². The first-order chi connectivity index (χ1) is 13.7. The number of carbonyl (C=O) groups excluding carboxylic acids is 1. The number of hydrogen-bond acceptors (Lipinski definition) is 4. The number of rotatable bonds is 6. The fraction of sp³-hybridized carbons (Fsp3) is 0.238. The smallest absolute Gasteiger partial charge is 0.264 e. The molecule has 0 aliphatic rings. The second-order valence-corrected chi connectivity index (χ2v) is 9.01. The molecule has 152 valence electrons. The number of nitrogens with zero attached hydrogens (tertiary/aromatic N) is 3. The Hall–Kier alpha value is -3.13. The van der Waals surface area contributed by atoms with Gasteiger partial charge in [-0.25, -0.2) is 13.1 Å². The summed E-state index contributed by atoms with van der Waals surface area (Å²) in [6.07, 6.45) is 1.63. The van der Waals surface area contributed by atoms with Gasteiger partial charge in [0.15, 0.2) is 0 Å². The number of carbonyl (C=O) groups is 1. The summed E-state index contributed by atoms with van der Waals surface area (Å²) in [7, 11) is -2.19. The molecule has 0 atom stereocenters. The average molecular weight is 413 g/mol. The lowest BCUT2D eigenvalue weighted by molar-refractivity contribution is 0.102. The molecule has 8 heteroatoms. The Bertz CT molecular complexity index is 1100. The van der Waals surface area contributed by atoms with E-state index in [2.05, 4.69) is 10.4 Å². The van der Waals surface area contributed by atoms with Gasteiger partial charge in [0.2, 0.25) is 0 Å². The van der Waals surface area contributed by atoms with E-state index in [1.165, 1.54) is 11.4 Å². The molecule has 29 heavy (non-hydrogen) atoms. The molecule has 0 saturated heterocycles. The molecular formula is C21H24N4O3S. The van der Waals surface area contributed by atoms with Crippen molar-refractivity contribution in [2.45, 2.75) is 31.7 Å². The second kappa shape index (κ2) is 8.08. The van der Waals surface area contributed by atoms with Crippen molar-refractivity contribution in [3.63, 3.8) is 0 Å². The molecule has 3 rings (SSSR count). The Morgan fingerprint density at radius 1 is 1.03 bits per heavy atom. The van der Waals surface area contributed by atoms with Crippen LogP contribution >= 0.6 is 0 Å². The van der Waals surface area contributed by atoms with E-state index in [-0.39, 0.29) is 16.8 Å². The predicted molar refractivity (Wildman–Crippen MR) is 114 cm³/mol. The van der Waals surface area contributed by atoms with Crippen LogP contribution in [0.25, 0.3) is 0 Å². The summed E-state index contributed by atoms with van der Waals surface area (Å²) < 4.78 is 28.5. The third kappa shape index (κ3) is 4.32. The van der Waals surface area contributed by atoms with Crippen LogP contribution in [-0.4, -0.2) is 31.2 Å². The van der Waals surface area contributed by atoms with Crippen molar-refractivity contribution in [2.75, 3.05) is 16.7 Å². The lowest BCUT2D eigenvalue weighted by Gasteiger charge is -2.20. The molecule has 1 N–H and O–H groups in total. The van der Waals surface area contributed by atoms with E-state index >= 15 is 0 Å². The number of anilines is 2. The van der Waals surface area contributed by atoms with Gasteiger partial charge >= 0.3 is 0 Å². The third-order valence-electron chi connectivity index (χ3n) is 4.57. The molecule has 1 aromatic heterocycles. The van der Waals surface area contributed by atoms with Gasteiger partial charge in [0.1, 0.15) is 5.82 Å². The van der Waals surface area contributed by atoms with Crippen LogP contribution < -0.4 is 9.62 Å². The standard InChI is InChI=1S/C21H24N4O3S/c1-15(2)25-20(13-14-22-25)23-21(26)17-7-9-18(10-8-17)24(4)29(27,28)19-11-5-16(3)6-12-19/h5-15H,1-4H3,(H,23,26). The van der Waals surface area contributed by atoms with Crippen LogP contribution in [0.4, 0.5) is 11.5 Å². The zero-order chi connectivity index (χ0) is 21.2. The van der Waals surface area contributed by atoms with Gasteiger partial charge in [-0.05, 0) is 57.2 Å². The largest absolute Gasteiger partial charge is 0.307 e. The van der Waals surface area contributed by atoms with E-state index in [9.17, 15) is 13.2 Å². The number of benzene rings is 2. The van der Waals surface area contributed by atoms with E-state index in [1.54, 1.807) is 65.5 Å². The highest BCUT2D eigenvalue weighted by Crippen LogP contribution is 2.23. The molecule has 7 nitrogen and oxygen atoms in total. The van der Waals surface area contributed by atoms with Gasteiger partial charge < -0.3 is 5.32 Å². The number of aromatic nitrogens is 2. The zero-order valence-corrected chi connectivity index (χ0v) is 17.6. The molecule has 0 spiro atoms. The highest BCUT2D eigenvalue weighted by Gasteiger charge is 2.21. The molecule has 1 amide bonds. The normalized spacial score (nSPS) is 11.5. The van der Waals surface area contributed by atoms with E-state index in [1.807, 2.05) is 20.8 Å². The summed E-state index contributed by atoms with van der Waals surface area (Å²) in [6, 6.07) is 15.0. The average Bonchev–Trinajstić information content (AvgIpc) is 3.16. The van der Waals surface area contributed by atoms with Gasteiger partial charge in [-0.15, -0.1) is 0 Å². The maximum atomic E-state index is 12.8. The van der Waals surface area contributed by atoms with Gasteiger partial charge in [-0.1, -0.05) is 17.7 Å². The predicted octanol–water partition coefficient (Wildman–Crippen LogP) is 3.85. The molecule has 0 bridgehead atoms. The second-order valence-electron chi connectivity index (χ2n) is 7.04. The van der Waals surface area contributed by atoms with Crippen molar-refractivity contribution in [3.8, 4) is 0 Å². The van der Waals surface area contributed by atoms with Crippen LogP contribution in [0.2, 0.25) is 0 Å². The highest BCUT2D eigenvalue weighted by molar-refractivity contribution is 7.92. The highest BCUT2D eigenvalue weighted by atomic mass is 32.2. The van der Waals surface area contributed by atoms with Gasteiger partial charge in [-0.2, -0.15) is 5.10 Å². The number of nitrogens with one attached hydrogen (secondary N) is 1. The molecule has 0 fully saturated rings. The van der Waals surface area contributed by atoms with Crippen molar-refractivity contribution in [1.29, 1.82) is 0 Å². The van der Waals surface area contributed by atoms with Crippen LogP contribution in [-0.2, 0) is 10.0 Å². The molecular weight excluding hydrogens is 388 g/mol.